The first kappa shape index (κ1) is 19.0. The molecule has 27 heavy (non-hydrogen) atoms. The van der Waals surface area contributed by atoms with Crippen molar-refractivity contribution in [1.29, 1.82) is 0 Å². The predicted molar refractivity (Wildman–Crippen MR) is 94.2 cm³/mol. The van der Waals surface area contributed by atoms with Gasteiger partial charge in [0, 0.05) is 13.1 Å². The quantitative estimate of drug-likeness (QED) is 0.722. The SMILES string of the molecule is Cc1cc(C(=O)Nc2cc(C)nn2-c2cc(C(F)(F)F)ccc2Cl)n(C)n1. The lowest BCUT2D eigenvalue weighted by Crippen LogP contribution is -2.18. The van der Waals surface area contributed by atoms with E-state index in [9.17, 15) is 18.0 Å². The molecule has 3 aromatic rings. The maximum absolute atomic E-state index is 13.0. The highest BCUT2D eigenvalue weighted by Gasteiger charge is 2.31. The van der Waals surface area contributed by atoms with E-state index in [1.54, 1.807) is 27.0 Å². The Labute approximate surface area is 157 Å². The second-order valence-electron chi connectivity index (χ2n) is 6.00. The van der Waals surface area contributed by atoms with E-state index in [4.69, 9.17) is 11.6 Å². The molecule has 2 heterocycles. The minimum absolute atomic E-state index is 0.0103. The predicted octanol–water partition coefficient (Wildman–Crippen LogP) is 4.15. The summed E-state index contributed by atoms with van der Waals surface area (Å²) in [6.07, 6.45) is -4.53. The Morgan fingerprint density at radius 2 is 1.78 bits per heavy atom. The largest absolute Gasteiger partial charge is 0.416 e. The molecule has 2 aromatic heterocycles. The van der Waals surface area contributed by atoms with Crippen molar-refractivity contribution < 1.29 is 18.0 Å². The Hall–Kier alpha value is -2.81. The van der Waals surface area contributed by atoms with Gasteiger partial charge in [0.05, 0.1) is 27.7 Å². The highest BCUT2D eigenvalue weighted by Crippen LogP contribution is 2.34. The van der Waals surface area contributed by atoms with Gasteiger partial charge in [0.15, 0.2) is 0 Å². The van der Waals surface area contributed by atoms with E-state index in [-0.39, 0.29) is 16.5 Å². The molecule has 6 nitrogen and oxygen atoms in total. The van der Waals surface area contributed by atoms with Crippen molar-refractivity contribution in [3.05, 3.63) is 58.0 Å². The highest BCUT2D eigenvalue weighted by molar-refractivity contribution is 6.32. The summed E-state index contributed by atoms with van der Waals surface area (Å²) >= 11 is 6.09. The van der Waals surface area contributed by atoms with Gasteiger partial charge in [-0.25, -0.2) is 4.68 Å². The van der Waals surface area contributed by atoms with Gasteiger partial charge in [-0.2, -0.15) is 23.4 Å². The zero-order valence-electron chi connectivity index (χ0n) is 14.6. The molecule has 1 aromatic carbocycles. The molecule has 3 rings (SSSR count). The van der Waals surface area contributed by atoms with E-state index in [2.05, 4.69) is 15.5 Å². The number of alkyl halides is 3. The van der Waals surface area contributed by atoms with Crippen LogP contribution in [0.1, 0.15) is 27.4 Å². The standard InChI is InChI=1S/C17H15ClF3N5O/c1-9-6-14(25(3)23-9)16(27)22-15-7-10(2)24-26(15)13-8-11(17(19,20)21)4-5-12(13)18/h4-8H,1-3H3,(H,22,27). The van der Waals surface area contributed by atoms with E-state index >= 15 is 0 Å². The molecule has 0 aliphatic carbocycles. The zero-order chi connectivity index (χ0) is 19.9. The van der Waals surface area contributed by atoms with Crippen LogP contribution >= 0.6 is 11.6 Å². The summed E-state index contributed by atoms with van der Waals surface area (Å²) in [7, 11) is 1.62. The number of carbonyl (C=O) groups is 1. The highest BCUT2D eigenvalue weighted by atomic mass is 35.5. The normalized spacial score (nSPS) is 11.7. The van der Waals surface area contributed by atoms with Gasteiger partial charge < -0.3 is 5.32 Å². The van der Waals surface area contributed by atoms with Crippen molar-refractivity contribution in [1.82, 2.24) is 19.6 Å². The van der Waals surface area contributed by atoms with Crippen LogP contribution in [0.15, 0.2) is 30.3 Å². The topological polar surface area (TPSA) is 64.7 Å². The number of carbonyl (C=O) groups excluding carboxylic acids is 1. The second-order valence-corrected chi connectivity index (χ2v) is 6.40. The number of halogens is 4. The fraction of sp³-hybridized carbons (Fsp3) is 0.235. The van der Waals surface area contributed by atoms with Crippen LogP contribution in [0, 0.1) is 13.8 Å². The lowest BCUT2D eigenvalue weighted by molar-refractivity contribution is -0.137. The Morgan fingerprint density at radius 3 is 2.37 bits per heavy atom. The van der Waals surface area contributed by atoms with Gasteiger partial charge in [-0.1, -0.05) is 11.6 Å². The van der Waals surface area contributed by atoms with E-state index in [1.807, 2.05) is 0 Å². The van der Waals surface area contributed by atoms with Crippen molar-refractivity contribution in [3.8, 4) is 5.69 Å². The molecule has 0 bridgehead atoms. The van der Waals surface area contributed by atoms with Crippen LogP contribution in [0.5, 0.6) is 0 Å². The average Bonchev–Trinajstić information content (AvgIpc) is 3.08. The molecule has 10 heteroatoms. The molecule has 0 atom stereocenters. The van der Waals surface area contributed by atoms with Gasteiger partial charge in [-0.05, 0) is 38.1 Å². The number of aryl methyl sites for hydroxylation is 3. The summed E-state index contributed by atoms with van der Waals surface area (Å²) in [6, 6.07) is 6.06. The average molecular weight is 398 g/mol. The first-order valence-electron chi connectivity index (χ1n) is 7.82. The van der Waals surface area contributed by atoms with Gasteiger partial charge in [0.1, 0.15) is 11.5 Å². The molecule has 1 amide bonds. The number of aromatic nitrogens is 4. The zero-order valence-corrected chi connectivity index (χ0v) is 15.4. The summed E-state index contributed by atoms with van der Waals surface area (Å²) in [6.45, 7) is 3.40. The lowest BCUT2D eigenvalue weighted by atomic mass is 10.2. The number of amides is 1. The number of nitrogens with zero attached hydrogens (tertiary/aromatic N) is 4. The number of benzene rings is 1. The summed E-state index contributed by atoms with van der Waals surface area (Å²) < 4.78 is 41.7. The van der Waals surface area contributed by atoms with Crippen molar-refractivity contribution in [2.24, 2.45) is 7.05 Å². The smallest absolute Gasteiger partial charge is 0.305 e. The van der Waals surface area contributed by atoms with Gasteiger partial charge >= 0.3 is 6.18 Å². The van der Waals surface area contributed by atoms with Crippen LogP contribution in [0.2, 0.25) is 5.02 Å². The van der Waals surface area contributed by atoms with Gasteiger partial charge in [-0.15, -0.1) is 0 Å². The molecule has 0 fully saturated rings. The molecule has 0 saturated heterocycles. The van der Waals surface area contributed by atoms with E-state index in [0.717, 1.165) is 18.2 Å². The third-order valence-corrected chi connectivity index (χ3v) is 4.13. The minimum atomic E-state index is -4.53. The molecule has 142 valence electrons. The van der Waals surface area contributed by atoms with Crippen LogP contribution in [0.3, 0.4) is 0 Å². The van der Waals surface area contributed by atoms with Crippen molar-refractivity contribution in [2.75, 3.05) is 5.32 Å². The van der Waals surface area contributed by atoms with Crippen LogP contribution < -0.4 is 5.32 Å². The monoisotopic (exact) mass is 397 g/mol. The molecule has 0 unspecified atom stereocenters. The van der Waals surface area contributed by atoms with Crippen molar-refractivity contribution in [2.45, 2.75) is 20.0 Å². The van der Waals surface area contributed by atoms with Crippen LogP contribution in [-0.2, 0) is 13.2 Å². The lowest BCUT2D eigenvalue weighted by Gasteiger charge is -2.13. The van der Waals surface area contributed by atoms with Gasteiger partial charge in [0.25, 0.3) is 5.91 Å². The first-order chi connectivity index (χ1) is 12.6. The van der Waals surface area contributed by atoms with Crippen molar-refractivity contribution in [3.63, 3.8) is 0 Å². The van der Waals surface area contributed by atoms with E-state index in [0.29, 0.717) is 17.1 Å². The Bertz CT molecular complexity index is 1020. The number of anilines is 1. The molecule has 0 aliphatic heterocycles. The number of rotatable bonds is 3. The minimum Gasteiger partial charge on any atom is -0.305 e. The summed E-state index contributed by atoms with van der Waals surface area (Å²) in [5.41, 5.74) is 0.604. The number of nitrogens with one attached hydrogen (secondary N) is 1. The summed E-state index contributed by atoms with van der Waals surface area (Å²) in [4.78, 5) is 12.5. The molecular weight excluding hydrogens is 383 g/mol. The summed E-state index contributed by atoms with van der Waals surface area (Å²) in [5.74, 6) is -0.278. The van der Waals surface area contributed by atoms with E-state index < -0.39 is 17.6 Å². The second kappa shape index (κ2) is 6.73. The van der Waals surface area contributed by atoms with Crippen LogP contribution in [0.25, 0.3) is 5.69 Å². The van der Waals surface area contributed by atoms with E-state index in [1.165, 1.54) is 15.4 Å². The van der Waals surface area contributed by atoms with Crippen LogP contribution in [-0.4, -0.2) is 25.5 Å². The summed E-state index contributed by atoms with van der Waals surface area (Å²) in [5, 5.41) is 11.0. The Morgan fingerprint density at radius 1 is 1.11 bits per heavy atom. The molecule has 0 saturated carbocycles. The number of hydrogen-bond acceptors (Lipinski definition) is 3. The fourth-order valence-electron chi connectivity index (χ4n) is 2.63. The first-order valence-corrected chi connectivity index (χ1v) is 8.20. The Balaban J connectivity index is 2.02. The third kappa shape index (κ3) is 3.82. The van der Waals surface area contributed by atoms with Gasteiger partial charge in [-0.3, -0.25) is 9.48 Å². The molecule has 1 N–H and O–H groups in total. The molecular formula is C17H15ClF3N5O. The van der Waals surface area contributed by atoms with Crippen molar-refractivity contribution >= 4 is 23.3 Å². The molecule has 0 spiro atoms. The Kier molecular flexibility index (Phi) is 4.73. The fourth-order valence-corrected chi connectivity index (χ4v) is 2.82. The third-order valence-electron chi connectivity index (χ3n) is 3.81. The van der Waals surface area contributed by atoms with Gasteiger partial charge in [0.2, 0.25) is 0 Å². The maximum Gasteiger partial charge on any atom is 0.416 e. The van der Waals surface area contributed by atoms with Crippen LogP contribution in [0.4, 0.5) is 19.0 Å². The molecule has 0 radical (unpaired) electrons. The maximum atomic E-state index is 13.0. The molecule has 0 aliphatic rings. The number of hydrogen-bond donors (Lipinski definition) is 1.